The van der Waals surface area contributed by atoms with Crippen molar-refractivity contribution in [1.82, 2.24) is 0 Å². The highest BCUT2D eigenvalue weighted by Gasteiger charge is 2.14. The van der Waals surface area contributed by atoms with Gasteiger partial charge in [-0.2, -0.15) is 0 Å². The van der Waals surface area contributed by atoms with Crippen molar-refractivity contribution in [2.45, 2.75) is 6.92 Å². The summed E-state index contributed by atoms with van der Waals surface area (Å²) in [6.45, 7) is 1.92. The number of nitro benzene ring substituents is 1. The van der Waals surface area contributed by atoms with E-state index in [9.17, 15) is 15.2 Å². The lowest BCUT2D eigenvalue weighted by molar-refractivity contribution is -0.385. The predicted octanol–water partition coefficient (Wildman–Crippen LogP) is 2.82. The lowest BCUT2D eigenvalue weighted by atomic mass is 10.2. The summed E-state index contributed by atoms with van der Waals surface area (Å²) in [4.78, 5) is 11.0. The van der Waals surface area contributed by atoms with Crippen LogP contribution in [0.1, 0.15) is 4.88 Å². The van der Waals surface area contributed by atoms with Gasteiger partial charge in [-0.3, -0.25) is 10.1 Å². The van der Waals surface area contributed by atoms with E-state index in [2.05, 4.69) is 0 Å². The Kier molecular flexibility index (Phi) is 1.89. The summed E-state index contributed by atoms with van der Waals surface area (Å²) < 4.78 is 0.866. The zero-order chi connectivity index (χ0) is 10.3. The van der Waals surface area contributed by atoms with Crippen LogP contribution in [-0.2, 0) is 0 Å². The second-order valence-electron chi connectivity index (χ2n) is 2.99. The Morgan fingerprint density at radius 3 is 2.79 bits per heavy atom. The van der Waals surface area contributed by atoms with Crippen molar-refractivity contribution in [3.05, 3.63) is 33.2 Å². The second-order valence-corrected chi connectivity index (χ2v) is 4.28. The average Bonchev–Trinajstić information content (AvgIpc) is 2.42. The highest BCUT2D eigenvalue weighted by Crippen LogP contribution is 2.35. The van der Waals surface area contributed by atoms with Gasteiger partial charge in [0.2, 0.25) is 0 Å². The fourth-order valence-corrected chi connectivity index (χ4v) is 2.28. The number of hydrogen-bond acceptors (Lipinski definition) is 4. The zero-order valence-electron chi connectivity index (χ0n) is 7.35. The van der Waals surface area contributed by atoms with Gasteiger partial charge in [0.05, 0.1) is 4.92 Å². The Balaban J connectivity index is 2.76. The molecule has 1 aromatic carbocycles. The fourth-order valence-electron chi connectivity index (χ4n) is 1.34. The lowest BCUT2D eigenvalue weighted by Crippen LogP contribution is -1.87. The van der Waals surface area contributed by atoms with Crippen LogP contribution in [-0.4, -0.2) is 10.0 Å². The number of aryl methyl sites for hydroxylation is 1. The van der Waals surface area contributed by atoms with Crippen molar-refractivity contribution < 1.29 is 10.0 Å². The molecule has 72 valence electrons. The molecular weight excluding hydrogens is 202 g/mol. The van der Waals surface area contributed by atoms with Crippen molar-refractivity contribution in [2.24, 2.45) is 0 Å². The second kappa shape index (κ2) is 2.95. The molecule has 0 aliphatic rings. The number of benzene rings is 1. The van der Waals surface area contributed by atoms with Crippen LogP contribution in [0.15, 0.2) is 18.2 Å². The Hall–Kier alpha value is -1.62. The quantitative estimate of drug-likeness (QED) is 0.580. The minimum absolute atomic E-state index is 0.240. The van der Waals surface area contributed by atoms with E-state index in [-0.39, 0.29) is 11.4 Å². The number of thiophene rings is 1. The molecule has 5 heteroatoms. The number of fused-ring (bicyclic) bond motifs is 1. The fraction of sp³-hybridized carbons (Fsp3) is 0.111. The van der Waals surface area contributed by atoms with Gasteiger partial charge in [0.1, 0.15) is 0 Å². The molecule has 1 aromatic heterocycles. The summed E-state index contributed by atoms with van der Waals surface area (Å²) in [5.74, 6) is -0.274. The molecule has 0 fully saturated rings. The molecule has 14 heavy (non-hydrogen) atoms. The maximum atomic E-state index is 10.5. The molecule has 0 unspecified atom stereocenters. The summed E-state index contributed by atoms with van der Waals surface area (Å²) in [6, 6.07) is 4.70. The van der Waals surface area contributed by atoms with E-state index in [1.165, 1.54) is 23.5 Å². The van der Waals surface area contributed by atoms with Crippen LogP contribution >= 0.6 is 11.3 Å². The Morgan fingerprint density at radius 2 is 2.14 bits per heavy atom. The lowest BCUT2D eigenvalue weighted by Gasteiger charge is -1.95. The Labute approximate surface area is 83.6 Å². The minimum atomic E-state index is -0.582. The monoisotopic (exact) mass is 209 g/mol. The highest BCUT2D eigenvalue weighted by molar-refractivity contribution is 7.19. The first-order chi connectivity index (χ1) is 6.58. The minimum Gasteiger partial charge on any atom is -0.502 e. The van der Waals surface area contributed by atoms with E-state index in [1.54, 1.807) is 0 Å². The van der Waals surface area contributed by atoms with Gasteiger partial charge in [0, 0.05) is 21.7 Å². The van der Waals surface area contributed by atoms with Gasteiger partial charge in [0.25, 0.3) is 0 Å². The molecule has 1 N–H and O–H groups in total. The highest BCUT2D eigenvalue weighted by atomic mass is 32.1. The van der Waals surface area contributed by atoms with E-state index in [1.807, 2.05) is 13.0 Å². The van der Waals surface area contributed by atoms with Crippen LogP contribution in [0.5, 0.6) is 5.75 Å². The molecule has 4 nitrogen and oxygen atoms in total. The Morgan fingerprint density at radius 1 is 1.43 bits per heavy atom. The van der Waals surface area contributed by atoms with Crippen molar-refractivity contribution in [3.63, 3.8) is 0 Å². The molecule has 0 aliphatic carbocycles. The summed E-state index contributed by atoms with van der Waals surface area (Å²) in [5, 5.41) is 20.7. The topological polar surface area (TPSA) is 63.4 Å². The van der Waals surface area contributed by atoms with Gasteiger partial charge in [-0.15, -0.1) is 11.3 Å². The number of aromatic hydroxyl groups is 1. The van der Waals surface area contributed by atoms with E-state index in [0.717, 1.165) is 15.0 Å². The molecular formula is C9H7NO3S. The van der Waals surface area contributed by atoms with Crippen LogP contribution in [0.4, 0.5) is 5.69 Å². The van der Waals surface area contributed by atoms with Gasteiger partial charge >= 0.3 is 5.69 Å². The maximum Gasteiger partial charge on any atom is 0.311 e. The molecule has 0 aliphatic heterocycles. The molecule has 0 saturated carbocycles. The van der Waals surface area contributed by atoms with Gasteiger partial charge in [-0.05, 0) is 18.4 Å². The number of nitro groups is 1. The summed E-state index contributed by atoms with van der Waals surface area (Å²) in [6.07, 6.45) is 0. The van der Waals surface area contributed by atoms with Gasteiger partial charge < -0.3 is 5.11 Å². The zero-order valence-corrected chi connectivity index (χ0v) is 8.17. The first kappa shape index (κ1) is 8.96. The van der Waals surface area contributed by atoms with Crippen LogP contribution in [0.2, 0.25) is 0 Å². The normalized spacial score (nSPS) is 10.6. The van der Waals surface area contributed by atoms with E-state index in [4.69, 9.17) is 0 Å². The predicted molar refractivity (Wildman–Crippen MR) is 54.9 cm³/mol. The number of phenolic OH excluding ortho intramolecular Hbond substituents is 1. The van der Waals surface area contributed by atoms with Gasteiger partial charge in [0.15, 0.2) is 5.75 Å². The first-order valence-corrected chi connectivity index (χ1v) is 4.77. The third-order valence-electron chi connectivity index (χ3n) is 1.93. The van der Waals surface area contributed by atoms with Crippen LogP contribution in [0.3, 0.4) is 0 Å². The molecule has 0 saturated heterocycles. The standard InChI is InChI=1S/C9H7NO3S/c1-5-2-6-3-7(10(12)13)8(11)4-9(6)14-5/h2-4,11H,1H3. The number of nitrogens with zero attached hydrogens (tertiary/aromatic N) is 1. The summed E-state index contributed by atoms with van der Waals surface area (Å²) in [5.41, 5.74) is -0.240. The number of phenols is 1. The van der Waals surface area contributed by atoms with Gasteiger partial charge in [-0.25, -0.2) is 0 Å². The van der Waals surface area contributed by atoms with Crippen molar-refractivity contribution in [2.75, 3.05) is 0 Å². The maximum absolute atomic E-state index is 10.5. The van der Waals surface area contributed by atoms with Crippen molar-refractivity contribution >= 4 is 27.1 Å². The van der Waals surface area contributed by atoms with E-state index >= 15 is 0 Å². The number of hydrogen-bond donors (Lipinski definition) is 1. The molecule has 1 heterocycles. The van der Waals surface area contributed by atoms with E-state index < -0.39 is 4.92 Å². The SMILES string of the molecule is Cc1cc2cc([N+](=O)[O-])c(O)cc2s1. The van der Waals surface area contributed by atoms with Crippen molar-refractivity contribution in [3.8, 4) is 5.75 Å². The molecule has 0 atom stereocenters. The Bertz CT molecular complexity index is 518. The van der Waals surface area contributed by atoms with Crippen LogP contribution < -0.4 is 0 Å². The first-order valence-electron chi connectivity index (χ1n) is 3.95. The van der Waals surface area contributed by atoms with E-state index in [0.29, 0.717) is 0 Å². The largest absolute Gasteiger partial charge is 0.502 e. The molecule has 0 bridgehead atoms. The van der Waals surface area contributed by atoms with Crippen LogP contribution in [0, 0.1) is 17.0 Å². The number of rotatable bonds is 1. The average molecular weight is 209 g/mol. The van der Waals surface area contributed by atoms with Gasteiger partial charge in [-0.1, -0.05) is 0 Å². The smallest absolute Gasteiger partial charge is 0.311 e. The summed E-state index contributed by atoms with van der Waals surface area (Å²) in [7, 11) is 0. The molecule has 0 radical (unpaired) electrons. The third kappa shape index (κ3) is 1.31. The van der Waals surface area contributed by atoms with Crippen molar-refractivity contribution in [1.29, 1.82) is 0 Å². The summed E-state index contributed by atoms with van der Waals surface area (Å²) >= 11 is 1.50. The molecule has 0 amide bonds. The molecule has 2 rings (SSSR count). The third-order valence-corrected chi connectivity index (χ3v) is 2.95. The van der Waals surface area contributed by atoms with Crippen LogP contribution in [0.25, 0.3) is 10.1 Å². The molecule has 2 aromatic rings. The molecule has 0 spiro atoms.